The number of hydrogen-bond donors (Lipinski definition) is 0. The van der Waals surface area contributed by atoms with Crippen molar-refractivity contribution in [2.45, 2.75) is 38.6 Å². The van der Waals surface area contributed by atoms with Crippen LogP contribution in [0.25, 0.3) is 0 Å². The van der Waals surface area contributed by atoms with E-state index in [2.05, 4.69) is 0 Å². The number of benzene rings is 1. The summed E-state index contributed by atoms with van der Waals surface area (Å²) in [5, 5.41) is 0. The van der Waals surface area contributed by atoms with Gasteiger partial charge in [0.05, 0.1) is 0 Å². The minimum Gasteiger partial charge on any atom is -0.455 e. The number of ether oxygens (including phenoxy) is 3. The second-order valence-electron chi connectivity index (χ2n) is 5.13. The smallest absolute Gasteiger partial charge is 0.330 e. The van der Waals surface area contributed by atoms with Crippen molar-refractivity contribution >= 4 is 17.9 Å². The van der Waals surface area contributed by atoms with Gasteiger partial charge < -0.3 is 14.2 Å². The summed E-state index contributed by atoms with van der Waals surface area (Å²) in [6.45, 7) is 2.52. The maximum atomic E-state index is 11.5. The zero-order valence-corrected chi connectivity index (χ0v) is 12.9. The molecule has 1 heterocycles. The molecule has 3 atom stereocenters. The second-order valence-corrected chi connectivity index (χ2v) is 5.13. The molecule has 0 aliphatic carbocycles. The SMILES string of the molecule is CC(=O)O[C@@H]([C@@H]1CC=CC(=O)O1)[C@@H](OC(C)=O)c1ccccc1. The van der Waals surface area contributed by atoms with Crippen molar-refractivity contribution in [1.29, 1.82) is 0 Å². The number of hydrogen-bond acceptors (Lipinski definition) is 6. The Balaban J connectivity index is 2.35. The number of carbonyl (C=O) groups excluding carboxylic acids is 3. The molecule has 1 aromatic rings. The molecule has 2 rings (SSSR count). The maximum absolute atomic E-state index is 11.5. The van der Waals surface area contributed by atoms with Gasteiger partial charge in [-0.1, -0.05) is 36.4 Å². The highest BCUT2D eigenvalue weighted by atomic mass is 16.6. The van der Waals surface area contributed by atoms with Gasteiger partial charge in [-0.25, -0.2) is 4.79 Å². The lowest BCUT2D eigenvalue weighted by Crippen LogP contribution is -2.41. The van der Waals surface area contributed by atoms with Crippen LogP contribution in [0.5, 0.6) is 0 Å². The van der Waals surface area contributed by atoms with Gasteiger partial charge in [-0.15, -0.1) is 0 Å². The lowest BCUT2D eigenvalue weighted by molar-refractivity contribution is -0.183. The number of rotatable bonds is 5. The molecule has 0 spiro atoms. The molecule has 6 nitrogen and oxygen atoms in total. The van der Waals surface area contributed by atoms with E-state index in [0.717, 1.165) is 0 Å². The largest absolute Gasteiger partial charge is 0.455 e. The standard InChI is InChI=1S/C17H18O6/c1-11(18)21-16(13-7-4-3-5-8-13)17(22-12(2)19)14-9-6-10-15(20)23-14/h3-8,10,14,16-17H,9H2,1-2H3/t14-,16-,17-/m0/s1. The van der Waals surface area contributed by atoms with Gasteiger partial charge in [0, 0.05) is 26.3 Å². The fourth-order valence-corrected chi connectivity index (χ4v) is 2.41. The highest BCUT2D eigenvalue weighted by Crippen LogP contribution is 2.30. The van der Waals surface area contributed by atoms with Gasteiger partial charge in [-0.05, 0) is 5.56 Å². The van der Waals surface area contributed by atoms with Crippen molar-refractivity contribution in [1.82, 2.24) is 0 Å². The van der Waals surface area contributed by atoms with E-state index < -0.39 is 36.2 Å². The van der Waals surface area contributed by atoms with Crippen LogP contribution in [0.4, 0.5) is 0 Å². The monoisotopic (exact) mass is 318 g/mol. The van der Waals surface area contributed by atoms with E-state index in [0.29, 0.717) is 12.0 Å². The summed E-state index contributed by atoms with van der Waals surface area (Å²) < 4.78 is 15.9. The summed E-state index contributed by atoms with van der Waals surface area (Å²) in [7, 11) is 0. The predicted octanol–water partition coefficient (Wildman–Crippen LogP) is 2.09. The molecule has 0 saturated heterocycles. The van der Waals surface area contributed by atoms with Crippen molar-refractivity contribution in [3.05, 3.63) is 48.0 Å². The normalized spacial score (nSPS) is 19.4. The van der Waals surface area contributed by atoms with Gasteiger partial charge in [-0.2, -0.15) is 0 Å². The van der Waals surface area contributed by atoms with Crippen molar-refractivity contribution < 1.29 is 28.6 Å². The summed E-state index contributed by atoms with van der Waals surface area (Å²) >= 11 is 0. The molecule has 6 heteroatoms. The molecule has 122 valence electrons. The van der Waals surface area contributed by atoms with Gasteiger partial charge in [0.15, 0.2) is 12.2 Å². The minimum atomic E-state index is -0.923. The molecule has 1 aromatic carbocycles. The molecule has 0 N–H and O–H groups in total. The number of esters is 3. The first-order chi connectivity index (χ1) is 11.0. The first-order valence-corrected chi connectivity index (χ1v) is 7.24. The quantitative estimate of drug-likeness (QED) is 0.611. The van der Waals surface area contributed by atoms with Crippen LogP contribution >= 0.6 is 0 Å². The molecule has 23 heavy (non-hydrogen) atoms. The highest BCUT2D eigenvalue weighted by molar-refractivity contribution is 5.82. The van der Waals surface area contributed by atoms with Crippen LogP contribution in [0.2, 0.25) is 0 Å². The van der Waals surface area contributed by atoms with E-state index in [9.17, 15) is 14.4 Å². The topological polar surface area (TPSA) is 78.9 Å². The first-order valence-electron chi connectivity index (χ1n) is 7.24. The van der Waals surface area contributed by atoms with Crippen molar-refractivity contribution in [2.24, 2.45) is 0 Å². The Labute approximate surface area is 134 Å². The fourth-order valence-electron chi connectivity index (χ4n) is 2.41. The third-order valence-electron chi connectivity index (χ3n) is 3.28. The van der Waals surface area contributed by atoms with Gasteiger partial charge in [0.1, 0.15) is 6.10 Å². The van der Waals surface area contributed by atoms with Crippen LogP contribution in [0.15, 0.2) is 42.5 Å². The van der Waals surface area contributed by atoms with Gasteiger partial charge in [-0.3, -0.25) is 9.59 Å². The van der Waals surface area contributed by atoms with Crippen LogP contribution in [0, 0.1) is 0 Å². The average Bonchev–Trinajstić information content (AvgIpc) is 2.51. The summed E-state index contributed by atoms with van der Waals surface area (Å²) in [6, 6.07) is 8.89. The lowest BCUT2D eigenvalue weighted by Gasteiger charge is -2.32. The van der Waals surface area contributed by atoms with E-state index in [1.807, 2.05) is 6.07 Å². The molecule has 0 aromatic heterocycles. The van der Waals surface area contributed by atoms with Gasteiger partial charge >= 0.3 is 17.9 Å². The van der Waals surface area contributed by atoms with Crippen LogP contribution in [-0.4, -0.2) is 30.1 Å². The van der Waals surface area contributed by atoms with Crippen molar-refractivity contribution in [3.63, 3.8) is 0 Å². The Bertz CT molecular complexity index is 607. The van der Waals surface area contributed by atoms with Crippen LogP contribution in [0.3, 0.4) is 0 Å². The molecular formula is C17H18O6. The molecule has 0 unspecified atom stereocenters. The Morgan fingerprint density at radius 1 is 1.13 bits per heavy atom. The lowest BCUT2D eigenvalue weighted by atomic mass is 9.97. The van der Waals surface area contributed by atoms with Crippen LogP contribution < -0.4 is 0 Å². The van der Waals surface area contributed by atoms with Crippen molar-refractivity contribution in [2.75, 3.05) is 0 Å². The van der Waals surface area contributed by atoms with Crippen LogP contribution in [0.1, 0.15) is 31.9 Å². The molecule has 1 aliphatic rings. The Hall–Kier alpha value is -2.63. The Kier molecular flexibility index (Phi) is 5.51. The molecule has 0 radical (unpaired) electrons. The summed E-state index contributed by atoms with van der Waals surface area (Å²) in [6.07, 6.45) is 0.817. The zero-order valence-electron chi connectivity index (χ0n) is 12.9. The minimum absolute atomic E-state index is 0.369. The van der Waals surface area contributed by atoms with E-state index >= 15 is 0 Å². The van der Waals surface area contributed by atoms with Gasteiger partial charge in [0.25, 0.3) is 0 Å². The average molecular weight is 318 g/mol. The molecule has 0 bridgehead atoms. The van der Waals surface area contributed by atoms with E-state index in [-0.39, 0.29) is 0 Å². The summed E-state index contributed by atoms with van der Waals surface area (Å²) in [4.78, 5) is 34.4. The third kappa shape index (κ3) is 4.67. The van der Waals surface area contributed by atoms with Crippen molar-refractivity contribution in [3.8, 4) is 0 Å². The van der Waals surface area contributed by atoms with E-state index in [4.69, 9.17) is 14.2 Å². The third-order valence-corrected chi connectivity index (χ3v) is 3.28. The number of carbonyl (C=O) groups is 3. The maximum Gasteiger partial charge on any atom is 0.330 e. The van der Waals surface area contributed by atoms with Crippen LogP contribution in [-0.2, 0) is 28.6 Å². The first kappa shape index (κ1) is 16.7. The fraction of sp³-hybridized carbons (Fsp3) is 0.353. The number of cyclic esters (lactones) is 1. The molecule has 0 amide bonds. The molecule has 1 aliphatic heterocycles. The second kappa shape index (κ2) is 7.58. The van der Waals surface area contributed by atoms with Gasteiger partial charge in [0.2, 0.25) is 0 Å². The zero-order chi connectivity index (χ0) is 16.8. The van der Waals surface area contributed by atoms with E-state index in [1.54, 1.807) is 30.3 Å². The molecule has 0 saturated carbocycles. The van der Waals surface area contributed by atoms with E-state index in [1.165, 1.54) is 19.9 Å². The summed E-state index contributed by atoms with van der Waals surface area (Å²) in [5.74, 6) is -1.59. The highest BCUT2D eigenvalue weighted by Gasteiger charge is 2.38. The Morgan fingerprint density at radius 2 is 1.78 bits per heavy atom. The predicted molar refractivity (Wildman–Crippen MR) is 80.1 cm³/mol. The molecule has 0 fully saturated rings. The molecular weight excluding hydrogens is 300 g/mol. The Morgan fingerprint density at radius 3 is 2.35 bits per heavy atom. The summed E-state index contributed by atoms with van der Waals surface area (Å²) in [5.41, 5.74) is 0.652.